The molecule has 0 bridgehead atoms. The first-order valence-electron chi connectivity index (χ1n) is 9.67. The van der Waals surface area contributed by atoms with E-state index in [0.29, 0.717) is 27.8 Å². The average molecular weight is 460 g/mol. The number of esters is 1. The molecule has 0 saturated carbocycles. The van der Waals surface area contributed by atoms with Crippen LogP contribution in [0.4, 0.5) is 0 Å². The summed E-state index contributed by atoms with van der Waals surface area (Å²) in [6.07, 6.45) is 2.85. The van der Waals surface area contributed by atoms with Crippen molar-refractivity contribution in [2.24, 2.45) is 0 Å². The SMILES string of the molecule is Cc1csc([C@H](C#N)C(=O)COC(=O)/C(=C\c2ccco2)n2nnnc2-c2ccccc2)n1. The molecule has 3 heterocycles. The number of rotatable bonds is 8. The number of ether oxygens (including phenoxy) is 1. The number of furan rings is 1. The minimum Gasteiger partial charge on any atom is -0.465 e. The summed E-state index contributed by atoms with van der Waals surface area (Å²) in [6, 6.07) is 14.2. The van der Waals surface area contributed by atoms with Crippen LogP contribution in [0.25, 0.3) is 23.2 Å². The van der Waals surface area contributed by atoms with Crippen molar-refractivity contribution in [2.75, 3.05) is 6.61 Å². The van der Waals surface area contributed by atoms with Crippen LogP contribution in [0.15, 0.2) is 58.5 Å². The monoisotopic (exact) mass is 460 g/mol. The first-order valence-corrected chi connectivity index (χ1v) is 10.6. The Hall–Kier alpha value is -4.43. The Kier molecular flexibility index (Phi) is 6.47. The number of tetrazole rings is 1. The van der Waals surface area contributed by atoms with Crippen molar-refractivity contribution < 1.29 is 18.7 Å². The number of nitrogens with zero attached hydrogens (tertiary/aromatic N) is 6. The fraction of sp³-hybridized carbons (Fsp3) is 0.136. The van der Waals surface area contributed by atoms with Gasteiger partial charge in [0.2, 0.25) is 0 Å². The second-order valence-corrected chi connectivity index (χ2v) is 7.65. The number of aromatic nitrogens is 5. The molecule has 0 saturated heterocycles. The van der Waals surface area contributed by atoms with E-state index in [1.165, 1.54) is 28.4 Å². The summed E-state index contributed by atoms with van der Waals surface area (Å²) in [7, 11) is 0. The number of hydrogen-bond donors (Lipinski definition) is 0. The summed E-state index contributed by atoms with van der Waals surface area (Å²) in [5.41, 5.74) is 1.30. The molecule has 10 nitrogen and oxygen atoms in total. The van der Waals surface area contributed by atoms with Crippen LogP contribution < -0.4 is 0 Å². The van der Waals surface area contributed by atoms with Gasteiger partial charge in [-0.3, -0.25) is 4.79 Å². The van der Waals surface area contributed by atoms with Crippen LogP contribution in [0.1, 0.15) is 22.4 Å². The molecule has 4 aromatic rings. The van der Waals surface area contributed by atoms with Gasteiger partial charge in [-0.15, -0.1) is 16.4 Å². The van der Waals surface area contributed by atoms with Gasteiger partial charge in [0.15, 0.2) is 29.8 Å². The van der Waals surface area contributed by atoms with Crippen LogP contribution in [-0.2, 0) is 14.3 Å². The number of Topliss-reactive ketones (excluding diaryl/α,β-unsaturated/α-hetero) is 1. The van der Waals surface area contributed by atoms with Crippen molar-refractivity contribution in [3.05, 3.63) is 70.6 Å². The molecule has 0 amide bonds. The predicted octanol–water partition coefficient (Wildman–Crippen LogP) is 3.12. The third kappa shape index (κ3) is 4.91. The highest BCUT2D eigenvalue weighted by Crippen LogP contribution is 2.23. The van der Waals surface area contributed by atoms with E-state index in [-0.39, 0.29) is 5.70 Å². The van der Waals surface area contributed by atoms with E-state index in [1.807, 2.05) is 24.3 Å². The quantitative estimate of drug-likeness (QED) is 0.287. The van der Waals surface area contributed by atoms with Crippen molar-refractivity contribution in [3.63, 3.8) is 0 Å². The highest BCUT2D eigenvalue weighted by atomic mass is 32.1. The Bertz CT molecular complexity index is 1330. The lowest BCUT2D eigenvalue weighted by Gasteiger charge is -2.10. The molecule has 0 N–H and O–H groups in total. The molecule has 0 aliphatic carbocycles. The van der Waals surface area contributed by atoms with Crippen molar-refractivity contribution in [1.82, 2.24) is 25.2 Å². The summed E-state index contributed by atoms with van der Waals surface area (Å²) in [5, 5.41) is 23.1. The lowest BCUT2D eigenvalue weighted by Crippen LogP contribution is -2.22. The van der Waals surface area contributed by atoms with Gasteiger partial charge < -0.3 is 9.15 Å². The van der Waals surface area contributed by atoms with Crippen LogP contribution >= 0.6 is 11.3 Å². The minimum absolute atomic E-state index is 0.0693. The van der Waals surface area contributed by atoms with Gasteiger partial charge in [-0.25, -0.2) is 9.78 Å². The largest absolute Gasteiger partial charge is 0.465 e. The molecule has 33 heavy (non-hydrogen) atoms. The van der Waals surface area contributed by atoms with Gasteiger partial charge in [-0.1, -0.05) is 30.3 Å². The smallest absolute Gasteiger partial charge is 0.357 e. The van der Waals surface area contributed by atoms with Gasteiger partial charge in [0.05, 0.1) is 12.3 Å². The third-order valence-electron chi connectivity index (χ3n) is 4.44. The normalized spacial score (nSPS) is 12.2. The van der Waals surface area contributed by atoms with Gasteiger partial charge in [-0.05, 0) is 29.5 Å². The van der Waals surface area contributed by atoms with Crippen LogP contribution in [0, 0.1) is 18.3 Å². The highest BCUT2D eigenvalue weighted by molar-refractivity contribution is 7.09. The lowest BCUT2D eigenvalue weighted by atomic mass is 10.1. The van der Waals surface area contributed by atoms with E-state index in [0.717, 1.165) is 0 Å². The molecule has 0 aliphatic rings. The van der Waals surface area contributed by atoms with Crippen LogP contribution in [0.2, 0.25) is 0 Å². The average Bonchev–Trinajstić information content (AvgIpc) is 3.59. The van der Waals surface area contributed by atoms with Gasteiger partial charge >= 0.3 is 5.97 Å². The Labute approximate surface area is 191 Å². The summed E-state index contributed by atoms with van der Waals surface area (Å²) < 4.78 is 11.8. The number of nitriles is 1. The molecule has 1 atom stereocenters. The number of hydrogen-bond acceptors (Lipinski definition) is 10. The predicted molar refractivity (Wildman–Crippen MR) is 117 cm³/mol. The van der Waals surface area contributed by atoms with Crippen molar-refractivity contribution in [3.8, 4) is 17.5 Å². The van der Waals surface area contributed by atoms with Crippen LogP contribution in [0.5, 0.6) is 0 Å². The van der Waals surface area contributed by atoms with Crippen molar-refractivity contribution in [1.29, 1.82) is 5.26 Å². The maximum Gasteiger partial charge on any atom is 0.357 e. The van der Waals surface area contributed by atoms with E-state index >= 15 is 0 Å². The van der Waals surface area contributed by atoms with Crippen LogP contribution in [-0.4, -0.2) is 43.6 Å². The molecule has 11 heteroatoms. The number of carbonyl (C=O) groups excluding carboxylic acids is 2. The van der Waals surface area contributed by atoms with E-state index in [1.54, 1.807) is 36.6 Å². The number of carbonyl (C=O) groups is 2. The molecule has 164 valence electrons. The zero-order valence-electron chi connectivity index (χ0n) is 17.3. The molecule has 0 radical (unpaired) electrons. The van der Waals surface area contributed by atoms with Gasteiger partial charge in [0, 0.05) is 22.7 Å². The van der Waals surface area contributed by atoms with Crippen molar-refractivity contribution >= 4 is 34.9 Å². The number of aryl methyl sites for hydroxylation is 1. The number of benzene rings is 1. The fourth-order valence-electron chi connectivity index (χ4n) is 2.89. The Balaban J connectivity index is 1.59. The van der Waals surface area contributed by atoms with Gasteiger partial charge in [-0.2, -0.15) is 9.94 Å². The number of ketones is 1. The summed E-state index contributed by atoms with van der Waals surface area (Å²) in [6.45, 7) is 1.15. The topological polar surface area (TPSA) is 137 Å². The second kappa shape index (κ2) is 9.80. The Morgan fingerprint density at radius 3 is 2.76 bits per heavy atom. The molecule has 4 rings (SSSR count). The molecule has 0 spiro atoms. The molecule has 0 unspecified atom stereocenters. The zero-order valence-corrected chi connectivity index (χ0v) is 18.1. The molecular formula is C22H16N6O4S. The molecule has 1 aromatic carbocycles. The summed E-state index contributed by atoms with van der Waals surface area (Å²) in [4.78, 5) is 29.8. The maximum atomic E-state index is 13.0. The molecule has 3 aromatic heterocycles. The maximum absolute atomic E-state index is 13.0. The molecule has 0 aliphatic heterocycles. The molecule has 0 fully saturated rings. The van der Waals surface area contributed by atoms with Gasteiger partial charge in [0.1, 0.15) is 10.8 Å². The Morgan fingerprint density at radius 2 is 2.09 bits per heavy atom. The standard InChI is InChI=1S/C22H16N6O4S/c1-14-13-33-21(24-14)17(11-23)19(29)12-32-22(30)18(10-16-8-5-9-31-16)28-20(25-26-27-28)15-6-3-2-4-7-15/h2-10,13,17H,12H2,1H3/b18-10+/t17-/m1/s1. The lowest BCUT2D eigenvalue weighted by molar-refractivity contribution is -0.142. The first kappa shape index (κ1) is 21.8. The highest BCUT2D eigenvalue weighted by Gasteiger charge is 2.27. The van der Waals surface area contributed by atoms with Gasteiger partial charge in [0.25, 0.3) is 0 Å². The summed E-state index contributed by atoms with van der Waals surface area (Å²) >= 11 is 1.20. The van der Waals surface area contributed by atoms with E-state index in [2.05, 4.69) is 20.5 Å². The van der Waals surface area contributed by atoms with E-state index in [9.17, 15) is 14.9 Å². The zero-order chi connectivity index (χ0) is 23.2. The second-order valence-electron chi connectivity index (χ2n) is 6.76. The Morgan fingerprint density at radius 1 is 1.27 bits per heavy atom. The van der Waals surface area contributed by atoms with Crippen LogP contribution in [0.3, 0.4) is 0 Å². The van der Waals surface area contributed by atoms with Crippen molar-refractivity contribution in [2.45, 2.75) is 12.8 Å². The number of thiazole rings is 1. The molecular weight excluding hydrogens is 444 g/mol. The minimum atomic E-state index is -1.12. The summed E-state index contributed by atoms with van der Waals surface area (Å²) in [5.74, 6) is -1.92. The third-order valence-corrected chi connectivity index (χ3v) is 5.47. The first-order chi connectivity index (χ1) is 16.1. The van der Waals surface area contributed by atoms with E-state index < -0.39 is 24.3 Å². The van der Waals surface area contributed by atoms with E-state index in [4.69, 9.17) is 9.15 Å². The fourth-order valence-corrected chi connectivity index (χ4v) is 3.76.